The Hall–Kier alpha value is -1.84. The third-order valence-electron chi connectivity index (χ3n) is 4.30. The topological polar surface area (TPSA) is 49.4 Å². The van der Waals surface area contributed by atoms with Gasteiger partial charge in [-0.05, 0) is 49.3 Å². The monoisotopic (exact) mass is 302 g/mol. The zero-order valence-electron chi connectivity index (χ0n) is 13.6. The van der Waals surface area contributed by atoms with Crippen LogP contribution in [0.4, 0.5) is 5.69 Å². The van der Waals surface area contributed by atoms with Crippen LogP contribution in [0.15, 0.2) is 24.3 Å². The predicted octanol–water partition coefficient (Wildman–Crippen LogP) is 3.23. The summed E-state index contributed by atoms with van der Waals surface area (Å²) in [5.41, 5.74) is 1.94. The largest absolute Gasteiger partial charge is 0.334 e. The van der Waals surface area contributed by atoms with Gasteiger partial charge in [0.15, 0.2) is 0 Å². The highest BCUT2D eigenvalue weighted by Gasteiger charge is 2.25. The lowest BCUT2D eigenvalue weighted by atomic mass is 9.99. The second kappa shape index (κ2) is 7.97. The van der Waals surface area contributed by atoms with E-state index >= 15 is 0 Å². The van der Waals surface area contributed by atoms with Gasteiger partial charge in [-0.3, -0.25) is 9.59 Å². The molecule has 0 radical (unpaired) electrons. The van der Waals surface area contributed by atoms with E-state index in [4.69, 9.17) is 0 Å². The molecular formula is C18H26N2O2. The van der Waals surface area contributed by atoms with Crippen molar-refractivity contribution in [2.24, 2.45) is 5.92 Å². The molecule has 0 bridgehead atoms. The minimum absolute atomic E-state index is 0.415. The van der Waals surface area contributed by atoms with Crippen molar-refractivity contribution < 1.29 is 9.59 Å². The summed E-state index contributed by atoms with van der Waals surface area (Å²) >= 11 is 0. The van der Waals surface area contributed by atoms with E-state index in [0.717, 1.165) is 25.7 Å². The van der Waals surface area contributed by atoms with Crippen molar-refractivity contribution in [2.45, 2.75) is 46.0 Å². The molecular weight excluding hydrogens is 276 g/mol. The fourth-order valence-electron chi connectivity index (χ4n) is 2.68. The molecule has 4 nitrogen and oxygen atoms in total. The van der Waals surface area contributed by atoms with Crippen LogP contribution in [0.3, 0.4) is 0 Å². The molecule has 0 aromatic heterocycles. The summed E-state index contributed by atoms with van der Waals surface area (Å²) in [6.45, 7) is 5.72. The molecule has 120 valence electrons. The van der Waals surface area contributed by atoms with Gasteiger partial charge in [-0.1, -0.05) is 32.4 Å². The molecule has 1 aromatic rings. The highest BCUT2D eigenvalue weighted by Crippen LogP contribution is 2.17. The first-order chi connectivity index (χ1) is 10.6. The minimum atomic E-state index is -0.532. The number of anilines is 1. The van der Waals surface area contributed by atoms with Crippen LogP contribution in [0.25, 0.3) is 0 Å². The van der Waals surface area contributed by atoms with Gasteiger partial charge in [0.25, 0.3) is 0 Å². The molecule has 0 spiro atoms. The Balaban J connectivity index is 1.87. The average Bonchev–Trinajstić information content (AvgIpc) is 2.54. The molecule has 4 heteroatoms. The molecule has 1 aliphatic heterocycles. The molecule has 0 aliphatic carbocycles. The van der Waals surface area contributed by atoms with Gasteiger partial charge in [0.1, 0.15) is 0 Å². The van der Waals surface area contributed by atoms with Crippen LogP contribution in [0.1, 0.15) is 45.1 Å². The van der Waals surface area contributed by atoms with Gasteiger partial charge in [-0.25, -0.2) is 0 Å². The number of amides is 2. The number of nitrogens with one attached hydrogen (secondary N) is 1. The molecule has 2 amide bonds. The van der Waals surface area contributed by atoms with Crippen LogP contribution in [0, 0.1) is 5.92 Å². The summed E-state index contributed by atoms with van der Waals surface area (Å²) in [5, 5.41) is 2.70. The Morgan fingerprint density at radius 1 is 1.18 bits per heavy atom. The number of aryl methyl sites for hydroxylation is 1. The van der Waals surface area contributed by atoms with E-state index in [-0.39, 0.29) is 0 Å². The van der Waals surface area contributed by atoms with Gasteiger partial charge in [0.2, 0.25) is 0 Å². The number of carbonyl (C=O) groups excluding carboxylic acids is 2. The Morgan fingerprint density at radius 3 is 2.41 bits per heavy atom. The summed E-state index contributed by atoms with van der Waals surface area (Å²) in [7, 11) is 0. The van der Waals surface area contributed by atoms with Crippen molar-refractivity contribution in [1.82, 2.24) is 4.90 Å². The van der Waals surface area contributed by atoms with Crippen molar-refractivity contribution in [3.05, 3.63) is 29.8 Å². The standard InChI is InChI=1S/C18H26N2O2/c1-3-4-5-15-6-8-16(9-7-15)19-17(21)18(22)20-12-10-14(2)11-13-20/h6-9,14H,3-5,10-13H2,1-2H3,(H,19,21). The first-order valence-corrected chi connectivity index (χ1v) is 8.29. The molecule has 1 N–H and O–H groups in total. The molecule has 0 unspecified atom stereocenters. The van der Waals surface area contributed by atoms with E-state index in [1.54, 1.807) is 4.90 Å². The second-order valence-electron chi connectivity index (χ2n) is 6.23. The van der Waals surface area contributed by atoms with Crippen LogP contribution in [-0.4, -0.2) is 29.8 Å². The van der Waals surface area contributed by atoms with Crippen LogP contribution >= 0.6 is 0 Å². The number of hydrogen-bond donors (Lipinski definition) is 1. The van der Waals surface area contributed by atoms with Crippen molar-refractivity contribution >= 4 is 17.5 Å². The van der Waals surface area contributed by atoms with E-state index in [2.05, 4.69) is 19.2 Å². The summed E-state index contributed by atoms with van der Waals surface area (Å²) in [4.78, 5) is 25.8. The van der Waals surface area contributed by atoms with Crippen LogP contribution in [0.2, 0.25) is 0 Å². The van der Waals surface area contributed by atoms with E-state index in [1.807, 2.05) is 24.3 Å². The minimum Gasteiger partial charge on any atom is -0.334 e. The number of nitrogens with zero attached hydrogens (tertiary/aromatic N) is 1. The molecule has 22 heavy (non-hydrogen) atoms. The van der Waals surface area contributed by atoms with E-state index in [0.29, 0.717) is 24.7 Å². The fraction of sp³-hybridized carbons (Fsp3) is 0.556. The van der Waals surface area contributed by atoms with Crippen LogP contribution < -0.4 is 5.32 Å². The van der Waals surface area contributed by atoms with Crippen molar-refractivity contribution in [3.8, 4) is 0 Å². The normalized spacial score (nSPS) is 15.6. The molecule has 1 heterocycles. The Bertz CT molecular complexity index is 502. The highest BCUT2D eigenvalue weighted by molar-refractivity contribution is 6.39. The first-order valence-electron chi connectivity index (χ1n) is 8.29. The number of carbonyl (C=O) groups is 2. The van der Waals surface area contributed by atoms with E-state index in [9.17, 15) is 9.59 Å². The first kappa shape index (κ1) is 16.5. The van der Waals surface area contributed by atoms with Crippen molar-refractivity contribution in [3.63, 3.8) is 0 Å². The Labute approximate surface area is 132 Å². The second-order valence-corrected chi connectivity index (χ2v) is 6.23. The zero-order valence-corrected chi connectivity index (χ0v) is 13.6. The fourth-order valence-corrected chi connectivity index (χ4v) is 2.68. The number of hydrogen-bond acceptors (Lipinski definition) is 2. The number of unbranched alkanes of at least 4 members (excludes halogenated alkanes) is 1. The Kier molecular flexibility index (Phi) is 5.99. The average molecular weight is 302 g/mol. The van der Waals surface area contributed by atoms with Crippen LogP contribution in [-0.2, 0) is 16.0 Å². The molecule has 1 fully saturated rings. The molecule has 1 aliphatic rings. The Morgan fingerprint density at radius 2 is 1.82 bits per heavy atom. The summed E-state index contributed by atoms with van der Waals surface area (Å²) in [5.74, 6) is -0.305. The lowest BCUT2D eigenvalue weighted by molar-refractivity contribution is -0.144. The molecule has 1 aromatic carbocycles. The van der Waals surface area contributed by atoms with Crippen LogP contribution in [0.5, 0.6) is 0 Å². The van der Waals surface area contributed by atoms with E-state index < -0.39 is 11.8 Å². The maximum absolute atomic E-state index is 12.1. The number of piperidine rings is 1. The SMILES string of the molecule is CCCCc1ccc(NC(=O)C(=O)N2CCC(C)CC2)cc1. The van der Waals surface area contributed by atoms with Gasteiger partial charge < -0.3 is 10.2 Å². The maximum atomic E-state index is 12.1. The van der Waals surface area contributed by atoms with Crippen molar-refractivity contribution in [1.29, 1.82) is 0 Å². The quantitative estimate of drug-likeness (QED) is 0.868. The smallest absolute Gasteiger partial charge is 0.313 e. The van der Waals surface area contributed by atoms with E-state index in [1.165, 1.54) is 12.0 Å². The maximum Gasteiger partial charge on any atom is 0.313 e. The van der Waals surface area contributed by atoms with Gasteiger partial charge >= 0.3 is 11.8 Å². The summed E-state index contributed by atoms with van der Waals surface area (Å²) < 4.78 is 0. The predicted molar refractivity (Wildman–Crippen MR) is 88.7 cm³/mol. The highest BCUT2D eigenvalue weighted by atomic mass is 16.2. The molecule has 1 saturated heterocycles. The molecule has 2 rings (SSSR count). The number of benzene rings is 1. The zero-order chi connectivity index (χ0) is 15.9. The number of rotatable bonds is 4. The van der Waals surface area contributed by atoms with Gasteiger partial charge in [0.05, 0.1) is 0 Å². The third kappa shape index (κ3) is 4.58. The van der Waals surface area contributed by atoms with Gasteiger partial charge in [0, 0.05) is 18.8 Å². The summed E-state index contributed by atoms with van der Waals surface area (Å²) in [6, 6.07) is 7.76. The number of likely N-dealkylation sites (tertiary alicyclic amines) is 1. The van der Waals surface area contributed by atoms with Gasteiger partial charge in [-0.15, -0.1) is 0 Å². The third-order valence-corrected chi connectivity index (χ3v) is 4.30. The molecule has 0 atom stereocenters. The summed E-state index contributed by atoms with van der Waals surface area (Å²) in [6.07, 6.45) is 5.34. The molecule has 0 saturated carbocycles. The van der Waals surface area contributed by atoms with Crippen molar-refractivity contribution in [2.75, 3.05) is 18.4 Å². The lowest BCUT2D eigenvalue weighted by Gasteiger charge is -2.29. The van der Waals surface area contributed by atoms with Gasteiger partial charge in [-0.2, -0.15) is 0 Å². The lowest BCUT2D eigenvalue weighted by Crippen LogP contribution is -2.43.